The number of ketones is 1. The van der Waals surface area contributed by atoms with Crippen LogP contribution in [0.4, 0.5) is 0 Å². The van der Waals surface area contributed by atoms with Crippen molar-refractivity contribution in [2.24, 2.45) is 13.0 Å². The summed E-state index contributed by atoms with van der Waals surface area (Å²) in [5.41, 5.74) is 1.27. The molecule has 1 aromatic heterocycles. The molecule has 0 saturated heterocycles. The van der Waals surface area contributed by atoms with Crippen LogP contribution in [0.25, 0.3) is 0 Å². The summed E-state index contributed by atoms with van der Waals surface area (Å²) in [6.45, 7) is 7.87. The molecule has 0 bridgehead atoms. The molecule has 0 aromatic carbocycles. The van der Waals surface area contributed by atoms with Gasteiger partial charge >= 0.3 is 0 Å². The molecule has 0 radical (unpaired) electrons. The average molecular weight is 233 g/mol. The molecule has 4 nitrogen and oxygen atoms in total. The van der Waals surface area contributed by atoms with Gasteiger partial charge in [0.05, 0.1) is 17.3 Å². The zero-order valence-corrected chi connectivity index (χ0v) is 11.1. The maximum atomic E-state index is 12.2. The first-order valence-corrected chi connectivity index (χ1v) is 5.72. The van der Waals surface area contributed by atoms with Crippen LogP contribution in [0, 0.1) is 17.2 Å². The van der Waals surface area contributed by atoms with Gasteiger partial charge in [0.2, 0.25) is 0 Å². The van der Waals surface area contributed by atoms with E-state index in [0.29, 0.717) is 5.56 Å². The van der Waals surface area contributed by atoms with Gasteiger partial charge in [0.15, 0.2) is 5.78 Å². The lowest BCUT2D eigenvalue weighted by molar-refractivity contribution is 0.0929. The van der Waals surface area contributed by atoms with Gasteiger partial charge in [-0.05, 0) is 0 Å². The molecule has 4 heteroatoms. The molecule has 0 aliphatic carbocycles. The van der Waals surface area contributed by atoms with Crippen LogP contribution in [0.2, 0.25) is 0 Å². The Morgan fingerprint density at radius 1 is 1.59 bits per heavy atom. The summed E-state index contributed by atoms with van der Waals surface area (Å²) >= 11 is 0. The smallest absolute Gasteiger partial charge is 0.170 e. The van der Waals surface area contributed by atoms with E-state index in [-0.39, 0.29) is 23.5 Å². The van der Waals surface area contributed by atoms with Crippen LogP contribution in [0.3, 0.4) is 0 Å². The first-order chi connectivity index (χ1) is 7.77. The SMILES string of the molecule is CC(CC#N)C(=O)c1cn(C)nc1C(C)(C)C. The third-order valence-electron chi connectivity index (χ3n) is 2.65. The summed E-state index contributed by atoms with van der Waals surface area (Å²) in [6.07, 6.45) is 1.99. The van der Waals surface area contributed by atoms with Gasteiger partial charge < -0.3 is 0 Å². The largest absolute Gasteiger partial charge is 0.294 e. The summed E-state index contributed by atoms with van der Waals surface area (Å²) in [4.78, 5) is 12.2. The molecule has 0 aliphatic rings. The zero-order valence-electron chi connectivity index (χ0n) is 11.1. The van der Waals surface area contributed by atoms with E-state index < -0.39 is 0 Å². The van der Waals surface area contributed by atoms with Gasteiger partial charge in [-0.25, -0.2) is 0 Å². The molecule has 0 saturated carbocycles. The molecule has 92 valence electrons. The Labute approximate surface area is 102 Å². The molecule has 1 heterocycles. The second kappa shape index (κ2) is 4.70. The second-order valence-corrected chi connectivity index (χ2v) is 5.44. The van der Waals surface area contributed by atoms with Crippen molar-refractivity contribution in [2.45, 2.75) is 39.5 Å². The van der Waals surface area contributed by atoms with E-state index in [4.69, 9.17) is 5.26 Å². The van der Waals surface area contributed by atoms with Gasteiger partial charge in [-0.2, -0.15) is 10.4 Å². The Kier molecular flexibility index (Phi) is 3.72. The molecule has 0 N–H and O–H groups in total. The molecular formula is C13H19N3O. The lowest BCUT2D eigenvalue weighted by atomic mass is 9.86. The number of hydrogen-bond donors (Lipinski definition) is 0. The van der Waals surface area contributed by atoms with E-state index in [1.54, 1.807) is 24.9 Å². The van der Waals surface area contributed by atoms with E-state index >= 15 is 0 Å². The molecule has 1 aromatic rings. The second-order valence-electron chi connectivity index (χ2n) is 5.44. The number of carbonyl (C=O) groups is 1. The summed E-state index contributed by atoms with van der Waals surface area (Å²) in [7, 11) is 1.81. The summed E-state index contributed by atoms with van der Waals surface area (Å²) < 4.78 is 1.66. The minimum absolute atomic E-state index is 0.00424. The monoisotopic (exact) mass is 233 g/mol. The molecule has 0 aliphatic heterocycles. The highest BCUT2D eigenvalue weighted by Gasteiger charge is 2.27. The van der Waals surface area contributed by atoms with Crippen molar-refractivity contribution in [3.8, 4) is 6.07 Å². The molecule has 1 rings (SSSR count). The van der Waals surface area contributed by atoms with E-state index in [2.05, 4.69) is 5.10 Å². The van der Waals surface area contributed by atoms with Crippen molar-refractivity contribution >= 4 is 5.78 Å². The minimum atomic E-state index is -0.273. The number of nitrogens with zero attached hydrogens (tertiary/aromatic N) is 3. The fourth-order valence-electron chi connectivity index (χ4n) is 1.72. The van der Waals surface area contributed by atoms with Crippen LogP contribution >= 0.6 is 0 Å². The number of aromatic nitrogens is 2. The Hall–Kier alpha value is -1.63. The highest BCUT2D eigenvalue weighted by atomic mass is 16.1. The molecular weight excluding hydrogens is 214 g/mol. The highest BCUT2D eigenvalue weighted by molar-refractivity contribution is 5.98. The topological polar surface area (TPSA) is 58.7 Å². The zero-order chi connectivity index (χ0) is 13.2. The van der Waals surface area contributed by atoms with E-state index in [0.717, 1.165) is 5.69 Å². The molecule has 17 heavy (non-hydrogen) atoms. The van der Waals surface area contributed by atoms with Crippen LogP contribution in [-0.2, 0) is 12.5 Å². The third-order valence-corrected chi connectivity index (χ3v) is 2.65. The van der Waals surface area contributed by atoms with E-state index in [1.165, 1.54) is 0 Å². The molecule has 0 amide bonds. The maximum absolute atomic E-state index is 12.2. The van der Waals surface area contributed by atoms with Gasteiger partial charge in [0.25, 0.3) is 0 Å². The van der Waals surface area contributed by atoms with Gasteiger partial charge in [0, 0.05) is 31.0 Å². The van der Waals surface area contributed by atoms with Crippen LogP contribution in [0.1, 0.15) is 50.2 Å². The van der Waals surface area contributed by atoms with Crippen molar-refractivity contribution in [1.82, 2.24) is 9.78 Å². The van der Waals surface area contributed by atoms with E-state index in [1.807, 2.05) is 26.8 Å². The standard InChI is InChI=1S/C13H19N3O/c1-9(6-7-14)11(17)10-8-16(5)15-12(10)13(2,3)4/h8-9H,6H2,1-5H3. The fraction of sp³-hybridized carbons (Fsp3) is 0.615. The van der Waals surface area contributed by atoms with Gasteiger partial charge in [-0.1, -0.05) is 27.7 Å². The number of Topliss-reactive ketones (excluding diaryl/α,β-unsaturated/α-hetero) is 1. The van der Waals surface area contributed by atoms with Gasteiger partial charge in [0.1, 0.15) is 0 Å². The summed E-state index contributed by atoms with van der Waals surface area (Å²) in [6, 6.07) is 2.04. The molecule has 0 spiro atoms. The number of carbonyl (C=O) groups excluding carboxylic acids is 1. The summed E-state index contributed by atoms with van der Waals surface area (Å²) in [5, 5.41) is 13.0. The number of rotatable bonds is 3. The van der Waals surface area contributed by atoms with Gasteiger partial charge in [-0.15, -0.1) is 0 Å². The number of hydrogen-bond acceptors (Lipinski definition) is 3. The van der Waals surface area contributed by atoms with Crippen LogP contribution < -0.4 is 0 Å². The molecule has 1 atom stereocenters. The lowest BCUT2D eigenvalue weighted by Crippen LogP contribution is -2.19. The van der Waals surface area contributed by atoms with Crippen LogP contribution in [-0.4, -0.2) is 15.6 Å². The minimum Gasteiger partial charge on any atom is -0.294 e. The predicted octanol–water partition coefficient (Wildman–Crippen LogP) is 2.45. The first-order valence-electron chi connectivity index (χ1n) is 5.72. The summed E-state index contributed by atoms with van der Waals surface area (Å²) in [5.74, 6) is -0.269. The van der Waals surface area contributed by atoms with E-state index in [9.17, 15) is 4.79 Å². The average Bonchev–Trinajstić information content (AvgIpc) is 2.59. The Morgan fingerprint density at radius 2 is 2.18 bits per heavy atom. The van der Waals surface area contributed by atoms with Crippen molar-refractivity contribution in [2.75, 3.05) is 0 Å². The quantitative estimate of drug-likeness (QED) is 0.753. The van der Waals surface area contributed by atoms with Gasteiger partial charge in [-0.3, -0.25) is 9.48 Å². The predicted molar refractivity (Wildman–Crippen MR) is 65.6 cm³/mol. The van der Waals surface area contributed by atoms with Crippen molar-refractivity contribution in [3.05, 3.63) is 17.5 Å². The maximum Gasteiger partial charge on any atom is 0.170 e. The lowest BCUT2D eigenvalue weighted by Gasteiger charge is -2.17. The number of aryl methyl sites for hydroxylation is 1. The highest BCUT2D eigenvalue weighted by Crippen LogP contribution is 2.26. The first kappa shape index (κ1) is 13.4. The van der Waals surface area contributed by atoms with Crippen molar-refractivity contribution < 1.29 is 4.79 Å². The van der Waals surface area contributed by atoms with Crippen molar-refractivity contribution in [3.63, 3.8) is 0 Å². The molecule has 1 unspecified atom stereocenters. The fourth-order valence-corrected chi connectivity index (χ4v) is 1.72. The van der Waals surface area contributed by atoms with Crippen molar-refractivity contribution in [1.29, 1.82) is 5.26 Å². The van der Waals surface area contributed by atoms with Crippen LogP contribution in [0.5, 0.6) is 0 Å². The third kappa shape index (κ3) is 2.94. The Balaban J connectivity index is 3.15. The van der Waals surface area contributed by atoms with Crippen LogP contribution in [0.15, 0.2) is 6.20 Å². The Morgan fingerprint density at radius 3 is 2.65 bits per heavy atom. The molecule has 0 fully saturated rings. The number of nitriles is 1. The normalized spacial score (nSPS) is 13.2. The Bertz CT molecular complexity index is 460.